The number of nitrogens with one attached hydrogen (secondary N) is 2. The summed E-state index contributed by atoms with van der Waals surface area (Å²) < 4.78 is 5.62. The monoisotopic (exact) mass is 305 g/mol. The predicted molar refractivity (Wildman–Crippen MR) is 82.6 cm³/mol. The number of halogens is 2. The second-order valence-corrected chi connectivity index (χ2v) is 5.54. The summed E-state index contributed by atoms with van der Waals surface area (Å²) in [6, 6.07) is 1.68. The molecule has 0 aliphatic heterocycles. The van der Waals surface area contributed by atoms with Gasteiger partial charge in [0.05, 0.1) is 15.6 Å². The van der Waals surface area contributed by atoms with Gasteiger partial charge in [-0.2, -0.15) is 0 Å². The van der Waals surface area contributed by atoms with Crippen LogP contribution in [-0.4, -0.2) is 30.3 Å². The third kappa shape index (κ3) is 5.05. The van der Waals surface area contributed by atoms with E-state index >= 15 is 0 Å². The van der Waals surface area contributed by atoms with Crippen molar-refractivity contribution in [2.45, 2.75) is 33.3 Å². The third-order valence-electron chi connectivity index (χ3n) is 2.49. The molecule has 1 aromatic rings. The molecular formula is C13H21Cl2N3O. The molecule has 2 N–H and O–H groups in total. The maximum Gasteiger partial charge on any atom is 0.147 e. The topological polar surface area (TPSA) is 46.2 Å². The van der Waals surface area contributed by atoms with Crippen LogP contribution in [0.15, 0.2) is 6.07 Å². The molecule has 1 heterocycles. The van der Waals surface area contributed by atoms with Crippen molar-refractivity contribution >= 4 is 34.8 Å². The zero-order valence-electron chi connectivity index (χ0n) is 11.8. The molecule has 0 aromatic carbocycles. The van der Waals surface area contributed by atoms with E-state index in [9.17, 15) is 0 Å². The van der Waals surface area contributed by atoms with Gasteiger partial charge in [0.25, 0.3) is 0 Å². The highest BCUT2D eigenvalue weighted by molar-refractivity contribution is 6.37. The number of aromatic nitrogens is 1. The van der Waals surface area contributed by atoms with E-state index < -0.39 is 0 Å². The number of ether oxygens (including phenoxy) is 1. The van der Waals surface area contributed by atoms with Crippen LogP contribution in [0.25, 0.3) is 0 Å². The highest BCUT2D eigenvalue weighted by Crippen LogP contribution is 2.29. The third-order valence-corrected chi connectivity index (χ3v) is 3.07. The molecule has 0 saturated carbocycles. The average molecular weight is 306 g/mol. The Kier molecular flexibility index (Phi) is 6.17. The number of rotatable bonds is 7. The van der Waals surface area contributed by atoms with Gasteiger partial charge < -0.3 is 15.4 Å². The zero-order chi connectivity index (χ0) is 14.5. The fourth-order valence-corrected chi connectivity index (χ4v) is 2.11. The molecule has 0 fully saturated rings. The van der Waals surface area contributed by atoms with Crippen LogP contribution in [-0.2, 0) is 4.74 Å². The van der Waals surface area contributed by atoms with Crippen molar-refractivity contribution in [3.05, 3.63) is 16.1 Å². The highest BCUT2D eigenvalue weighted by Gasteiger charge is 2.18. The molecule has 108 valence electrons. The second kappa shape index (κ2) is 7.17. The summed E-state index contributed by atoms with van der Waals surface area (Å²) in [5, 5.41) is 7.30. The molecule has 0 aliphatic rings. The van der Waals surface area contributed by atoms with E-state index in [0.717, 1.165) is 6.54 Å². The molecule has 0 spiro atoms. The van der Waals surface area contributed by atoms with E-state index in [2.05, 4.69) is 15.6 Å². The first-order valence-electron chi connectivity index (χ1n) is 6.37. The van der Waals surface area contributed by atoms with E-state index in [4.69, 9.17) is 27.9 Å². The van der Waals surface area contributed by atoms with Gasteiger partial charge in [0.1, 0.15) is 11.6 Å². The SMILES string of the molecule is CCNc1nc(NCC(C)(C)OCC)c(Cl)cc1Cl. The molecular weight excluding hydrogens is 285 g/mol. The van der Waals surface area contributed by atoms with Crippen molar-refractivity contribution in [2.24, 2.45) is 0 Å². The van der Waals surface area contributed by atoms with Crippen LogP contribution in [0.2, 0.25) is 10.0 Å². The van der Waals surface area contributed by atoms with Crippen molar-refractivity contribution < 1.29 is 4.74 Å². The lowest BCUT2D eigenvalue weighted by Crippen LogP contribution is -2.33. The van der Waals surface area contributed by atoms with E-state index in [1.54, 1.807) is 6.07 Å². The Bertz CT molecular complexity index is 425. The zero-order valence-corrected chi connectivity index (χ0v) is 13.3. The molecule has 1 aromatic heterocycles. The summed E-state index contributed by atoms with van der Waals surface area (Å²) in [7, 11) is 0. The minimum absolute atomic E-state index is 0.280. The fourth-order valence-electron chi connectivity index (χ4n) is 1.62. The number of nitrogens with zero attached hydrogens (tertiary/aromatic N) is 1. The molecule has 0 atom stereocenters. The maximum absolute atomic E-state index is 6.13. The Balaban J connectivity index is 2.80. The summed E-state index contributed by atoms with van der Waals surface area (Å²) in [6.45, 7) is 10.0. The van der Waals surface area contributed by atoms with E-state index in [0.29, 0.717) is 34.8 Å². The summed E-state index contributed by atoms with van der Waals surface area (Å²) in [5.41, 5.74) is -0.280. The lowest BCUT2D eigenvalue weighted by atomic mass is 10.1. The van der Waals surface area contributed by atoms with Crippen molar-refractivity contribution in [2.75, 3.05) is 30.3 Å². The van der Waals surface area contributed by atoms with Gasteiger partial charge in [-0.3, -0.25) is 0 Å². The van der Waals surface area contributed by atoms with E-state index in [1.165, 1.54) is 0 Å². The molecule has 6 heteroatoms. The van der Waals surface area contributed by atoms with Gasteiger partial charge in [0.2, 0.25) is 0 Å². The molecule has 1 rings (SSSR count). The normalized spacial score (nSPS) is 11.5. The minimum atomic E-state index is -0.280. The molecule has 0 unspecified atom stereocenters. The maximum atomic E-state index is 6.13. The number of hydrogen-bond acceptors (Lipinski definition) is 4. The Morgan fingerprint density at radius 2 is 1.74 bits per heavy atom. The van der Waals surface area contributed by atoms with Gasteiger partial charge in [-0.05, 0) is 33.8 Å². The van der Waals surface area contributed by atoms with Crippen LogP contribution in [0.4, 0.5) is 11.6 Å². The van der Waals surface area contributed by atoms with Crippen LogP contribution < -0.4 is 10.6 Å². The van der Waals surface area contributed by atoms with Gasteiger partial charge in [0.15, 0.2) is 0 Å². The average Bonchev–Trinajstić information content (AvgIpc) is 2.31. The fraction of sp³-hybridized carbons (Fsp3) is 0.615. The summed E-state index contributed by atoms with van der Waals surface area (Å²) in [6.07, 6.45) is 0. The molecule has 19 heavy (non-hydrogen) atoms. The number of pyridine rings is 1. The Morgan fingerprint density at radius 3 is 2.26 bits per heavy atom. The van der Waals surface area contributed by atoms with Crippen LogP contribution >= 0.6 is 23.2 Å². The Morgan fingerprint density at radius 1 is 1.16 bits per heavy atom. The molecule has 0 radical (unpaired) electrons. The van der Waals surface area contributed by atoms with Gasteiger partial charge in [0, 0.05) is 19.7 Å². The Hall–Kier alpha value is -0.710. The van der Waals surface area contributed by atoms with Gasteiger partial charge in [-0.15, -0.1) is 0 Å². The van der Waals surface area contributed by atoms with Gasteiger partial charge in [-0.1, -0.05) is 23.2 Å². The van der Waals surface area contributed by atoms with E-state index in [1.807, 2.05) is 27.7 Å². The lowest BCUT2D eigenvalue weighted by molar-refractivity contribution is 0.000646. The minimum Gasteiger partial charge on any atom is -0.374 e. The van der Waals surface area contributed by atoms with Gasteiger partial charge >= 0.3 is 0 Å². The molecule has 0 amide bonds. The first-order chi connectivity index (χ1) is 8.89. The highest BCUT2D eigenvalue weighted by atomic mass is 35.5. The molecule has 4 nitrogen and oxygen atoms in total. The predicted octanol–water partition coefficient (Wildman–Crippen LogP) is 4.05. The number of hydrogen-bond donors (Lipinski definition) is 2. The molecule has 0 saturated heterocycles. The van der Waals surface area contributed by atoms with E-state index in [-0.39, 0.29) is 5.60 Å². The standard InChI is InChI=1S/C13H21Cl2N3O/c1-5-16-11-9(14)7-10(15)12(18-11)17-8-13(3,4)19-6-2/h7H,5-6,8H2,1-4H3,(H2,16,17,18). The summed E-state index contributed by atoms with van der Waals surface area (Å²) in [5.74, 6) is 1.24. The largest absolute Gasteiger partial charge is 0.374 e. The summed E-state index contributed by atoms with van der Waals surface area (Å²) in [4.78, 5) is 4.38. The quantitative estimate of drug-likeness (QED) is 0.798. The molecule has 0 bridgehead atoms. The second-order valence-electron chi connectivity index (χ2n) is 4.73. The van der Waals surface area contributed by atoms with Crippen molar-refractivity contribution in [1.82, 2.24) is 4.98 Å². The van der Waals surface area contributed by atoms with Gasteiger partial charge in [-0.25, -0.2) is 4.98 Å². The Labute approximate surface area is 124 Å². The van der Waals surface area contributed by atoms with Crippen LogP contribution in [0.3, 0.4) is 0 Å². The number of anilines is 2. The first-order valence-corrected chi connectivity index (χ1v) is 7.13. The smallest absolute Gasteiger partial charge is 0.147 e. The summed E-state index contributed by atoms with van der Waals surface area (Å²) >= 11 is 12.2. The van der Waals surface area contributed by atoms with Crippen molar-refractivity contribution in [3.63, 3.8) is 0 Å². The van der Waals surface area contributed by atoms with Crippen LogP contribution in [0.1, 0.15) is 27.7 Å². The van der Waals surface area contributed by atoms with Crippen molar-refractivity contribution in [1.29, 1.82) is 0 Å². The van der Waals surface area contributed by atoms with Crippen molar-refractivity contribution in [3.8, 4) is 0 Å². The molecule has 0 aliphatic carbocycles. The first kappa shape index (κ1) is 16.3. The van der Waals surface area contributed by atoms with Crippen LogP contribution in [0.5, 0.6) is 0 Å². The lowest BCUT2D eigenvalue weighted by Gasteiger charge is -2.25. The van der Waals surface area contributed by atoms with Crippen LogP contribution in [0, 0.1) is 0 Å².